The van der Waals surface area contributed by atoms with Gasteiger partial charge in [0.25, 0.3) is 0 Å². The van der Waals surface area contributed by atoms with Crippen molar-refractivity contribution in [1.29, 1.82) is 0 Å². The third kappa shape index (κ3) is 3.73. The van der Waals surface area contributed by atoms with Crippen LogP contribution in [0.4, 0.5) is 0 Å². The van der Waals surface area contributed by atoms with Gasteiger partial charge in [-0.3, -0.25) is 0 Å². The van der Waals surface area contributed by atoms with E-state index in [0.717, 1.165) is 54.6 Å². The fourth-order valence-electron chi connectivity index (χ4n) is 6.81. The molecule has 2 unspecified atom stereocenters. The van der Waals surface area contributed by atoms with Crippen molar-refractivity contribution in [2.45, 2.75) is 44.2 Å². The number of hydrogen-bond donors (Lipinski definition) is 4. The van der Waals surface area contributed by atoms with Crippen LogP contribution < -0.4 is 24.8 Å². The van der Waals surface area contributed by atoms with Crippen LogP contribution in [0, 0.1) is 0 Å². The molecule has 7 heteroatoms. The van der Waals surface area contributed by atoms with Gasteiger partial charge in [0.05, 0.1) is 0 Å². The van der Waals surface area contributed by atoms with Crippen LogP contribution in [-0.4, -0.2) is 23.3 Å². The van der Waals surface area contributed by atoms with Crippen LogP contribution in [-0.2, 0) is 31.2 Å². The highest BCUT2D eigenvalue weighted by Gasteiger charge is 2.40. The molecule has 0 radical (unpaired) electrons. The van der Waals surface area contributed by atoms with Gasteiger partial charge in [-0.15, -0.1) is 0 Å². The Labute approximate surface area is 232 Å². The lowest BCUT2D eigenvalue weighted by molar-refractivity contribution is 0.296. The van der Waals surface area contributed by atoms with Crippen LogP contribution in [0.3, 0.4) is 0 Å². The molecule has 0 saturated heterocycles. The number of benzene rings is 4. The van der Waals surface area contributed by atoms with Crippen molar-refractivity contribution in [1.82, 2.24) is 10.6 Å². The Hall–Kier alpha value is -4.20. The first-order valence-corrected chi connectivity index (χ1v) is 13.9. The standard InChI is InChI=1S/C33H30N2O5/c1-33-17-18-2-5-22(6-3-18)38-27-13-19(4-7-25(27)36)12-24-23-16-29-28(15-20(23)8-10-34-24)39-31-26(37)14-21(9-11-35-33)30(33)32(31)40-29/h2-7,13-16,24,34-37H,8-12,17H2,1H3. The Kier molecular flexibility index (Phi) is 5.12. The van der Waals surface area contributed by atoms with Crippen molar-refractivity contribution in [3.8, 4) is 46.0 Å². The van der Waals surface area contributed by atoms with Crippen molar-refractivity contribution >= 4 is 0 Å². The molecule has 4 N–H and O–H groups in total. The number of phenolic OH excluding ortho intramolecular Hbond substituents is 2. The van der Waals surface area contributed by atoms with Gasteiger partial charge >= 0.3 is 0 Å². The van der Waals surface area contributed by atoms with Crippen molar-refractivity contribution in [2.24, 2.45) is 0 Å². The molecule has 9 rings (SSSR count). The van der Waals surface area contributed by atoms with Crippen LogP contribution >= 0.6 is 0 Å². The van der Waals surface area contributed by atoms with Crippen LogP contribution in [0.2, 0.25) is 0 Å². The van der Waals surface area contributed by atoms with Crippen LogP contribution in [0.25, 0.3) is 0 Å². The summed E-state index contributed by atoms with van der Waals surface area (Å²) in [5, 5.41) is 29.0. The third-order valence-corrected chi connectivity index (χ3v) is 8.72. The minimum atomic E-state index is -0.453. The van der Waals surface area contributed by atoms with Gasteiger partial charge in [0.15, 0.2) is 34.5 Å². The largest absolute Gasteiger partial charge is 0.504 e. The smallest absolute Gasteiger partial charge is 0.212 e. The highest BCUT2D eigenvalue weighted by Crippen LogP contribution is 2.56. The van der Waals surface area contributed by atoms with E-state index in [1.165, 1.54) is 11.1 Å². The molecule has 0 aromatic heterocycles. The van der Waals surface area contributed by atoms with Gasteiger partial charge in [-0.1, -0.05) is 18.2 Å². The summed E-state index contributed by atoms with van der Waals surface area (Å²) in [6.45, 7) is 3.81. The van der Waals surface area contributed by atoms with E-state index in [-0.39, 0.29) is 17.5 Å². The zero-order valence-electron chi connectivity index (χ0n) is 22.2. The molecule has 40 heavy (non-hydrogen) atoms. The van der Waals surface area contributed by atoms with Crippen molar-refractivity contribution in [3.05, 3.63) is 94.0 Å². The summed E-state index contributed by atoms with van der Waals surface area (Å²) in [6, 6.07) is 19.6. The molecule has 4 aromatic carbocycles. The molecule has 0 aliphatic carbocycles. The molecule has 0 spiro atoms. The van der Waals surface area contributed by atoms with E-state index < -0.39 is 5.54 Å². The normalized spacial score (nSPS) is 22.0. The topological polar surface area (TPSA) is 92.2 Å². The molecular formula is C33H30N2O5. The van der Waals surface area contributed by atoms with Crippen LogP contribution in [0.5, 0.6) is 46.0 Å². The van der Waals surface area contributed by atoms with Crippen molar-refractivity contribution < 1.29 is 24.4 Å². The first-order valence-electron chi connectivity index (χ1n) is 13.9. The van der Waals surface area contributed by atoms with E-state index in [1.807, 2.05) is 30.3 Å². The lowest BCUT2D eigenvalue weighted by Gasteiger charge is -2.40. The highest BCUT2D eigenvalue weighted by molar-refractivity contribution is 5.68. The van der Waals surface area contributed by atoms with Gasteiger partial charge in [-0.2, -0.15) is 0 Å². The maximum absolute atomic E-state index is 11.0. The van der Waals surface area contributed by atoms with Gasteiger partial charge in [0.1, 0.15) is 5.75 Å². The number of nitrogens with one attached hydrogen (secondary N) is 2. The van der Waals surface area contributed by atoms with Gasteiger partial charge in [0.2, 0.25) is 5.75 Å². The first-order chi connectivity index (χ1) is 19.4. The second kappa shape index (κ2) is 8.65. The summed E-state index contributed by atoms with van der Waals surface area (Å²) in [6.07, 6.45) is 3.07. The molecule has 202 valence electrons. The fourth-order valence-corrected chi connectivity index (χ4v) is 6.81. The summed E-state index contributed by atoms with van der Waals surface area (Å²) in [4.78, 5) is 0. The summed E-state index contributed by atoms with van der Waals surface area (Å²) in [5.41, 5.74) is 6.16. The molecule has 5 aliphatic heterocycles. The minimum Gasteiger partial charge on any atom is -0.504 e. The van der Waals surface area contributed by atoms with E-state index in [9.17, 15) is 10.2 Å². The summed E-state index contributed by atoms with van der Waals surface area (Å²) in [5.74, 6) is 3.56. The predicted octanol–water partition coefficient (Wildman–Crippen LogP) is 6.13. The molecule has 0 amide bonds. The lowest BCUT2D eigenvalue weighted by atomic mass is 9.78. The Morgan fingerprint density at radius 1 is 0.750 bits per heavy atom. The second-order valence-corrected chi connectivity index (χ2v) is 11.5. The minimum absolute atomic E-state index is 0.0552. The third-order valence-electron chi connectivity index (χ3n) is 8.72. The molecule has 7 bridgehead atoms. The monoisotopic (exact) mass is 534 g/mol. The number of ether oxygens (including phenoxy) is 3. The maximum Gasteiger partial charge on any atom is 0.212 e. The Balaban J connectivity index is 1.33. The van der Waals surface area contributed by atoms with E-state index in [2.05, 4.69) is 41.8 Å². The van der Waals surface area contributed by atoms with E-state index in [1.54, 1.807) is 6.07 Å². The quantitative estimate of drug-likeness (QED) is 0.190. The summed E-state index contributed by atoms with van der Waals surface area (Å²) < 4.78 is 19.2. The van der Waals surface area contributed by atoms with E-state index in [4.69, 9.17) is 14.2 Å². The molecule has 0 fully saturated rings. The van der Waals surface area contributed by atoms with E-state index >= 15 is 0 Å². The van der Waals surface area contributed by atoms with Crippen molar-refractivity contribution in [2.75, 3.05) is 13.1 Å². The number of fused-ring (bicyclic) bond motifs is 2. The zero-order chi connectivity index (χ0) is 27.0. The Morgan fingerprint density at radius 2 is 1.52 bits per heavy atom. The Morgan fingerprint density at radius 3 is 2.40 bits per heavy atom. The van der Waals surface area contributed by atoms with Gasteiger partial charge in [0, 0.05) is 23.7 Å². The average Bonchev–Trinajstić information content (AvgIpc) is 2.94. The zero-order valence-corrected chi connectivity index (χ0v) is 22.2. The second-order valence-electron chi connectivity index (χ2n) is 11.5. The molecule has 5 aliphatic rings. The molecule has 0 saturated carbocycles. The highest BCUT2D eigenvalue weighted by atomic mass is 16.6. The number of phenols is 2. The molecular weight excluding hydrogens is 504 g/mol. The maximum atomic E-state index is 11.0. The number of hydrogen-bond acceptors (Lipinski definition) is 7. The van der Waals surface area contributed by atoms with Crippen molar-refractivity contribution in [3.63, 3.8) is 0 Å². The molecule has 5 heterocycles. The Bertz CT molecular complexity index is 1680. The first kappa shape index (κ1) is 23.7. The van der Waals surface area contributed by atoms with Crippen LogP contribution in [0.1, 0.15) is 46.3 Å². The van der Waals surface area contributed by atoms with E-state index in [0.29, 0.717) is 40.9 Å². The van der Waals surface area contributed by atoms with Gasteiger partial charge in [-0.05, 0) is 109 Å². The number of aromatic hydroxyl groups is 2. The molecule has 2 atom stereocenters. The SMILES string of the molecule is CC12Cc3ccc(cc3)Oc3cc(ccc3O)CC3NCCc4cc5c(cc43)Oc3c(c(O)cc(c31)CCN2)O5. The average molecular weight is 535 g/mol. The molecule has 4 aromatic rings. The van der Waals surface area contributed by atoms with Gasteiger partial charge < -0.3 is 35.1 Å². The molecule has 7 nitrogen and oxygen atoms in total. The predicted molar refractivity (Wildman–Crippen MR) is 150 cm³/mol. The van der Waals surface area contributed by atoms with Crippen LogP contribution in [0.15, 0.2) is 60.7 Å². The lowest BCUT2D eigenvalue weighted by Crippen LogP contribution is -2.47. The fraction of sp³-hybridized carbons (Fsp3) is 0.273. The van der Waals surface area contributed by atoms with Gasteiger partial charge in [-0.25, -0.2) is 0 Å². The summed E-state index contributed by atoms with van der Waals surface area (Å²) in [7, 11) is 0. The number of rotatable bonds is 0. The summed E-state index contributed by atoms with van der Waals surface area (Å²) >= 11 is 0.